The summed E-state index contributed by atoms with van der Waals surface area (Å²) in [6.45, 7) is 4.20. The van der Waals surface area contributed by atoms with E-state index >= 15 is 0 Å². The molecule has 6 nitrogen and oxygen atoms in total. The van der Waals surface area contributed by atoms with Gasteiger partial charge in [0.25, 0.3) is 5.69 Å². The predicted octanol–water partition coefficient (Wildman–Crippen LogP) is 2.00. The molecule has 1 heterocycles. The van der Waals surface area contributed by atoms with Crippen molar-refractivity contribution in [3.05, 3.63) is 33.9 Å². The number of benzene rings is 1. The number of aliphatic hydroxyl groups excluding tert-OH is 1. The third-order valence-electron chi connectivity index (χ3n) is 3.96. The third-order valence-corrected chi connectivity index (χ3v) is 3.96. The lowest BCUT2D eigenvalue weighted by molar-refractivity contribution is -0.385. The molecule has 1 aromatic rings. The maximum atomic E-state index is 11.6. The molecule has 0 spiro atoms. The Morgan fingerprint density at radius 2 is 2.25 bits per heavy atom. The number of aliphatic hydroxyl groups is 1. The molecular weight excluding hydrogens is 260 g/mol. The minimum absolute atomic E-state index is 0.00346. The van der Waals surface area contributed by atoms with Gasteiger partial charge in [-0.2, -0.15) is 0 Å². The van der Waals surface area contributed by atoms with Crippen molar-refractivity contribution in [2.75, 3.05) is 18.1 Å². The van der Waals surface area contributed by atoms with Crippen LogP contribution >= 0.6 is 0 Å². The van der Waals surface area contributed by atoms with Gasteiger partial charge in [0.2, 0.25) is 0 Å². The van der Waals surface area contributed by atoms with Crippen LogP contribution in [0.15, 0.2) is 18.2 Å². The van der Waals surface area contributed by atoms with Gasteiger partial charge >= 0.3 is 0 Å². The van der Waals surface area contributed by atoms with E-state index in [0.717, 1.165) is 18.7 Å². The van der Waals surface area contributed by atoms with Crippen molar-refractivity contribution in [1.82, 2.24) is 0 Å². The minimum Gasteiger partial charge on any atom is -0.394 e. The molecule has 2 atom stereocenters. The summed E-state index contributed by atoms with van der Waals surface area (Å²) in [5.74, 6) is 0.0299. The zero-order chi connectivity index (χ0) is 14.9. The van der Waals surface area contributed by atoms with Crippen LogP contribution in [0.4, 0.5) is 11.4 Å². The Labute approximate surface area is 117 Å². The molecule has 1 aliphatic rings. The van der Waals surface area contributed by atoms with Gasteiger partial charge < -0.3 is 10.0 Å². The first kappa shape index (κ1) is 14.5. The number of nitro benzene ring substituents is 1. The molecule has 2 rings (SSSR count). The number of nitro groups is 1. The van der Waals surface area contributed by atoms with E-state index in [1.54, 1.807) is 12.1 Å². The van der Waals surface area contributed by atoms with Gasteiger partial charge in [-0.15, -0.1) is 0 Å². The minimum atomic E-state index is -0.545. The van der Waals surface area contributed by atoms with Crippen molar-refractivity contribution in [2.45, 2.75) is 26.3 Å². The zero-order valence-electron chi connectivity index (χ0n) is 11.6. The summed E-state index contributed by atoms with van der Waals surface area (Å²) in [5.41, 5.74) is 0.696. The number of carbonyl (C=O) groups excluding carboxylic acids is 1. The Bertz CT molecular complexity index is 544. The van der Waals surface area contributed by atoms with Crippen LogP contribution in [0, 0.1) is 16.0 Å². The molecule has 1 saturated heterocycles. The van der Waals surface area contributed by atoms with Gasteiger partial charge in [-0.25, -0.2) is 0 Å². The maximum Gasteiger partial charge on any atom is 0.280 e. The van der Waals surface area contributed by atoms with E-state index in [9.17, 15) is 20.0 Å². The molecule has 0 amide bonds. The van der Waals surface area contributed by atoms with Crippen LogP contribution < -0.4 is 4.90 Å². The molecule has 0 aliphatic carbocycles. The van der Waals surface area contributed by atoms with E-state index in [0.29, 0.717) is 5.92 Å². The van der Waals surface area contributed by atoms with Gasteiger partial charge in [-0.3, -0.25) is 14.9 Å². The van der Waals surface area contributed by atoms with E-state index in [-0.39, 0.29) is 29.7 Å². The first-order chi connectivity index (χ1) is 9.45. The van der Waals surface area contributed by atoms with Crippen molar-refractivity contribution >= 4 is 17.2 Å². The topological polar surface area (TPSA) is 83.7 Å². The Morgan fingerprint density at radius 3 is 2.80 bits per heavy atom. The van der Waals surface area contributed by atoms with Crippen LogP contribution in [0.5, 0.6) is 0 Å². The second-order valence-electron chi connectivity index (χ2n) is 5.22. The van der Waals surface area contributed by atoms with Gasteiger partial charge in [0.05, 0.1) is 23.1 Å². The molecule has 0 bridgehead atoms. The highest BCUT2D eigenvalue weighted by molar-refractivity contribution is 5.99. The van der Waals surface area contributed by atoms with Crippen molar-refractivity contribution in [2.24, 2.45) is 5.92 Å². The van der Waals surface area contributed by atoms with Gasteiger partial charge in [0.1, 0.15) is 0 Å². The lowest BCUT2D eigenvalue weighted by atomic mass is 10.0. The summed E-state index contributed by atoms with van der Waals surface area (Å²) in [4.78, 5) is 24.0. The van der Waals surface area contributed by atoms with Crippen LogP contribution in [0.25, 0.3) is 0 Å². The van der Waals surface area contributed by atoms with Crippen molar-refractivity contribution in [3.8, 4) is 0 Å². The SMILES string of the molecule is CC(=O)c1cc(N2CCC(C)C2CO)ccc1[N+](=O)[O-]. The van der Waals surface area contributed by atoms with Crippen molar-refractivity contribution in [3.63, 3.8) is 0 Å². The molecule has 1 N–H and O–H groups in total. The Morgan fingerprint density at radius 1 is 1.55 bits per heavy atom. The smallest absolute Gasteiger partial charge is 0.280 e. The van der Waals surface area contributed by atoms with Crippen LogP contribution in [0.3, 0.4) is 0 Å². The number of nitrogens with zero attached hydrogens (tertiary/aromatic N) is 2. The van der Waals surface area contributed by atoms with Crippen LogP contribution in [0.2, 0.25) is 0 Å². The highest BCUT2D eigenvalue weighted by Crippen LogP contribution is 2.32. The molecule has 0 saturated carbocycles. The Balaban J connectivity index is 2.41. The number of carbonyl (C=O) groups is 1. The monoisotopic (exact) mass is 278 g/mol. The number of anilines is 1. The van der Waals surface area contributed by atoms with E-state index in [2.05, 4.69) is 6.92 Å². The third kappa shape index (κ3) is 2.51. The van der Waals surface area contributed by atoms with Gasteiger partial charge in [0, 0.05) is 18.3 Å². The number of hydrogen-bond acceptors (Lipinski definition) is 5. The second kappa shape index (κ2) is 5.58. The highest BCUT2D eigenvalue weighted by atomic mass is 16.6. The quantitative estimate of drug-likeness (QED) is 0.517. The number of Topliss-reactive ketones (excluding diaryl/α,β-unsaturated/α-hetero) is 1. The van der Waals surface area contributed by atoms with E-state index in [1.807, 2.05) is 4.90 Å². The molecule has 1 aromatic carbocycles. The van der Waals surface area contributed by atoms with E-state index in [4.69, 9.17) is 0 Å². The lowest BCUT2D eigenvalue weighted by Gasteiger charge is -2.27. The highest BCUT2D eigenvalue weighted by Gasteiger charge is 2.31. The Hall–Kier alpha value is -1.95. The van der Waals surface area contributed by atoms with E-state index < -0.39 is 4.92 Å². The molecule has 1 fully saturated rings. The molecule has 0 radical (unpaired) electrons. The number of rotatable bonds is 4. The standard InChI is InChI=1S/C14H18N2O4/c1-9-5-6-15(14(9)8-17)11-3-4-13(16(19)20)12(7-11)10(2)18/h3-4,7,9,14,17H,5-6,8H2,1-2H3. The molecular formula is C14H18N2O4. The van der Waals surface area contributed by atoms with Crippen molar-refractivity contribution in [1.29, 1.82) is 0 Å². The first-order valence-corrected chi connectivity index (χ1v) is 6.62. The summed E-state index contributed by atoms with van der Waals surface area (Å²) in [5, 5.41) is 20.4. The fourth-order valence-corrected chi connectivity index (χ4v) is 2.75. The van der Waals surface area contributed by atoms with Gasteiger partial charge in [-0.05, 0) is 31.4 Å². The number of hydrogen-bond donors (Lipinski definition) is 1. The molecule has 20 heavy (non-hydrogen) atoms. The van der Waals surface area contributed by atoms with Gasteiger partial charge in [-0.1, -0.05) is 6.92 Å². The maximum absolute atomic E-state index is 11.6. The summed E-state index contributed by atoms with van der Waals surface area (Å²) < 4.78 is 0. The molecule has 2 unspecified atom stereocenters. The molecule has 108 valence electrons. The van der Waals surface area contributed by atoms with Crippen LogP contribution in [-0.4, -0.2) is 35.0 Å². The normalized spacial score (nSPS) is 22.1. The van der Waals surface area contributed by atoms with Crippen molar-refractivity contribution < 1.29 is 14.8 Å². The predicted molar refractivity (Wildman–Crippen MR) is 75.1 cm³/mol. The fraction of sp³-hybridized carbons (Fsp3) is 0.500. The average molecular weight is 278 g/mol. The first-order valence-electron chi connectivity index (χ1n) is 6.62. The summed E-state index contributed by atoms with van der Waals surface area (Å²) in [7, 11) is 0. The second-order valence-corrected chi connectivity index (χ2v) is 5.22. The van der Waals surface area contributed by atoms with Crippen LogP contribution in [-0.2, 0) is 0 Å². The largest absolute Gasteiger partial charge is 0.394 e. The van der Waals surface area contributed by atoms with E-state index in [1.165, 1.54) is 13.0 Å². The average Bonchev–Trinajstić information content (AvgIpc) is 2.78. The summed E-state index contributed by atoms with van der Waals surface area (Å²) in [6.07, 6.45) is 0.956. The zero-order valence-corrected chi connectivity index (χ0v) is 11.6. The molecule has 0 aromatic heterocycles. The summed E-state index contributed by atoms with van der Waals surface area (Å²) >= 11 is 0. The lowest BCUT2D eigenvalue weighted by Crippen LogP contribution is -2.35. The fourth-order valence-electron chi connectivity index (χ4n) is 2.75. The molecule has 6 heteroatoms. The van der Waals surface area contributed by atoms with Gasteiger partial charge in [0.15, 0.2) is 5.78 Å². The molecule has 1 aliphatic heterocycles. The Kier molecular flexibility index (Phi) is 4.04. The number of ketones is 1. The van der Waals surface area contributed by atoms with Crippen LogP contribution in [0.1, 0.15) is 30.6 Å². The summed E-state index contributed by atoms with van der Waals surface area (Å²) in [6, 6.07) is 4.56.